The second kappa shape index (κ2) is 11.0. The van der Waals surface area contributed by atoms with E-state index in [1.165, 1.54) is 4.90 Å². The molecule has 3 heterocycles. The third kappa shape index (κ3) is 5.93. The van der Waals surface area contributed by atoms with E-state index in [0.717, 1.165) is 40.0 Å². The fraction of sp³-hybridized carbons (Fsp3) is 0.385. The average molecular weight is 561 g/mol. The molecule has 0 aliphatic carbocycles. The number of anilines is 1. The Balaban J connectivity index is 1.21. The highest BCUT2D eigenvalue weighted by Crippen LogP contribution is 2.31. The molecule has 11 heteroatoms. The number of nitrogens with zero attached hydrogens (tertiary/aromatic N) is 2. The Morgan fingerprint density at radius 2 is 1.84 bits per heavy atom. The Bertz CT molecular complexity index is 1400. The van der Waals surface area contributed by atoms with Gasteiger partial charge in [0, 0.05) is 41.1 Å². The molecule has 0 bridgehead atoms. The quantitative estimate of drug-likeness (QED) is 0.435. The van der Waals surface area contributed by atoms with Crippen LogP contribution in [0.15, 0.2) is 58.8 Å². The number of hydrogen-bond donors (Lipinski definition) is 2. The van der Waals surface area contributed by atoms with Gasteiger partial charge in [-0.1, -0.05) is 29.8 Å². The van der Waals surface area contributed by atoms with E-state index in [-0.39, 0.29) is 28.6 Å². The number of benzene rings is 2. The summed E-state index contributed by atoms with van der Waals surface area (Å²) in [6.07, 6.45) is 2.84. The maximum absolute atomic E-state index is 13.2. The predicted molar refractivity (Wildman–Crippen MR) is 146 cm³/mol. The predicted octanol–water partition coefficient (Wildman–Crippen LogP) is 3.93. The third-order valence-electron chi connectivity index (χ3n) is 6.89. The van der Waals surface area contributed by atoms with Crippen LogP contribution in [0.5, 0.6) is 0 Å². The second-order valence-electron chi connectivity index (χ2n) is 9.45. The standard InChI is InChI=1S/C26H29ClN4O4S2/c27-19-10-11-23-18(14-19)15-25(36-23)37(34,35)29-22-9-5-12-30(26(22)33)17-24(32)31-13-4-8-21(31)16-28-20-6-2-1-3-7-20/h1-3,6-7,10-11,14-15,21-22,28-29H,4-5,8-9,12-13,16-17H2. The van der Waals surface area contributed by atoms with Crippen molar-refractivity contribution in [2.75, 3.05) is 31.5 Å². The van der Waals surface area contributed by atoms with Crippen molar-refractivity contribution >= 4 is 60.5 Å². The lowest BCUT2D eigenvalue weighted by atomic mass is 10.1. The van der Waals surface area contributed by atoms with Crippen LogP contribution >= 0.6 is 22.9 Å². The molecule has 2 amide bonds. The first kappa shape index (κ1) is 26.0. The largest absolute Gasteiger partial charge is 0.383 e. The molecule has 196 valence electrons. The van der Waals surface area contributed by atoms with Crippen LogP contribution in [-0.4, -0.2) is 68.3 Å². The van der Waals surface area contributed by atoms with Gasteiger partial charge in [-0.15, -0.1) is 11.3 Å². The van der Waals surface area contributed by atoms with Gasteiger partial charge in [-0.2, -0.15) is 4.72 Å². The monoisotopic (exact) mass is 560 g/mol. The summed E-state index contributed by atoms with van der Waals surface area (Å²) in [6.45, 7) is 1.70. The van der Waals surface area contributed by atoms with Gasteiger partial charge in [0.1, 0.15) is 10.3 Å². The topological polar surface area (TPSA) is 98.8 Å². The summed E-state index contributed by atoms with van der Waals surface area (Å²) >= 11 is 7.16. The number of carbonyl (C=O) groups excluding carboxylic acids is 2. The van der Waals surface area contributed by atoms with Crippen molar-refractivity contribution in [1.82, 2.24) is 14.5 Å². The number of nitrogens with one attached hydrogen (secondary N) is 2. The van der Waals surface area contributed by atoms with Crippen molar-refractivity contribution in [3.63, 3.8) is 0 Å². The molecule has 2 aliphatic heterocycles. The molecule has 37 heavy (non-hydrogen) atoms. The molecule has 1 aromatic heterocycles. The summed E-state index contributed by atoms with van der Waals surface area (Å²) < 4.78 is 29.7. The molecule has 3 aromatic rings. The maximum atomic E-state index is 13.2. The first-order chi connectivity index (χ1) is 17.8. The van der Waals surface area contributed by atoms with E-state index in [4.69, 9.17) is 11.6 Å². The van der Waals surface area contributed by atoms with Gasteiger partial charge in [-0.3, -0.25) is 9.59 Å². The zero-order chi connectivity index (χ0) is 26.0. The van der Waals surface area contributed by atoms with Crippen molar-refractivity contribution in [3.8, 4) is 0 Å². The van der Waals surface area contributed by atoms with Crippen LogP contribution < -0.4 is 10.0 Å². The molecule has 2 saturated heterocycles. The van der Waals surface area contributed by atoms with Gasteiger partial charge in [-0.25, -0.2) is 8.42 Å². The number of likely N-dealkylation sites (tertiary alicyclic amines) is 2. The summed E-state index contributed by atoms with van der Waals surface area (Å²) in [5.41, 5.74) is 1.00. The van der Waals surface area contributed by atoms with Crippen molar-refractivity contribution in [2.45, 2.75) is 42.0 Å². The van der Waals surface area contributed by atoms with Gasteiger partial charge in [0.05, 0.1) is 6.54 Å². The smallest absolute Gasteiger partial charge is 0.250 e. The molecule has 0 radical (unpaired) electrons. The lowest BCUT2D eigenvalue weighted by Crippen LogP contribution is -2.55. The lowest BCUT2D eigenvalue weighted by molar-refractivity contribution is -0.143. The minimum absolute atomic E-state index is 0.0414. The van der Waals surface area contributed by atoms with Crippen LogP contribution in [0.4, 0.5) is 5.69 Å². The Morgan fingerprint density at radius 1 is 1.05 bits per heavy atom. The third-order valence-corrected chi connectivity index (χ3v) is 10.2. The summed E-state index contributed by atoms with van der Waals surface area (Å²) in [6, 6.07) is 15.8. The van der Waals surface area contributed by atoms with E-state index in [1.807, 2.05) is 35.2 Å². The van der Waals surface area contributed by atoms with Gasteiger partial charge < -0.3 is 15.1 Å². The molecule has 2 aromatic carbocycles. The van der Waals surface area contributed by atoms with Crippen LogP contribution in [-0.2, 0) is 19.6 Å². The van der Waals surface area contributed by atoms with Gasteiger partial charge in [0.25, 0.3) is 10.0 Å². The number of hydrogen-bond acceptors (Lipinski definition) is 6. The molecule has 2 N–H and O–H groups in total. The zero-order valence-corrected chi connectivity index (χ0v) is 22.6. The van der Waals surface area contributed by atoms with Crippen LogP contribution in [0, 0.1) is 0 Å². The Morgan fingerprint density at radius 3 is 2.65 bits per heavy atom. The van der Waals surface area contributed by atoms with E-state index >= 15 is 0 Å². The van der Waals surface area contributed by atoms with E-state index < -0.39 is 16.1 Å². The highest BCUT2D eigenvalue weighted by atomic mass is 35.5. The highest BCUT2D eigenvalue weighted by molar-refractivity contribution is 7.91. The Kier molecular flexibility index (Phi) is 7.71. The highest BCUT2D eigenvalue weighted by Gasteiger charge is 2.36. The fourth-order valence-corrected chi connectivity index (χ4v) is 7.80. The number of halogens is 1. The van der Waals surface area contributed by atoms with Crippen LogP contribution in [0.2, 0.25) is 5.02 Å². The van der Waals surface area contributed by atoms with Crippen LogP contribution in [0.3, 0.4) is 0 Å². The molecular formula is C26H29ClN4O4S2. The van der Waals surface area contributed by atoms with E-state index in [2.05, 4.69) is 10.0 Å². The molecule has 0 saturated carbocycles. The van der Waals surface area contributed by atoms with Crippen LogP contribution in [0.1, 0.15) is 25.7 Å². The number of thiophene rings is 1. The molecule has 2 aliphatic rings. The second-order valence-corrected chi connectivity index (χ2v) is 12.9. The Labute approximate surface area is 225 Å². The van der Waals surface area contributed by atoms with Gasteiger partial charge >= 0.3 is 0 Å². The molecule has 0 spiro atoms. The molecule has 8 nitrogen and oxygen atoms in total. The minimum Gasteiger partial charge on any atom is -0.383 e. The zero-order valence-electron chi connectivity index (χ0n) is 20.2. The summed E-state index contributed by atoms with van der Waals surface area (Å²) in [5.74, 6) is -0.457. The molecule has 2 fully saturated rings. The Hall–Kier alpha value is -2.66. The lowest BCUT2D eigenvalue weighted by Gasteiger charge is -2.34. The first-order valence-electron chi connectivity index (χ1n) is 12.4. The minimum atomic E-state index is -3.90. The van der Waals surface area contributed by atoms with Gasteiger partial charge in [0.15, 0.2) is 0 Å². The van der Waals surface area contributed by atoms with Crippen molar-refractivity contribution in [3.05, 3.63) is 59.6 Å². The number of para-hydroxylation sites is 1. The molecule has 2 atom stereocenters. The molecule has 2 unspecified atom stereocenters. The number of carbonyl (C=O) groups is 2. The van der Waals surface area contributed by atoms with E-state index in [1.54, 1.807) is 24.3 Å². The number of sulfonamides is 1. The molecular weight excluding hydrogens is 532 g/mol. The number of fused-ring (bicyclic) bond motifs is 1. The van der Waals surface area contributed by atoms with E-state index in [0.29, 0.717) is 37.5 Å². The fourth-order valence-electron chi connectivity index (χ4n) is 5.00. The number of amides is 2. The normalized spacial score (nSPS) is 20.5. The summed E-state index contributed by atoms with van der Waals surface area (Å²) in [5, 5.41) is 4.65. The van der Waals surface area contributed by atoms with Crippen LogP contribution in [0.25, 0.3) is 10.1 Å². The number of piperidine rings is 1. The molecule has 5 rings (SSSR count). The SMILES string of the molecule is O=C1C(NS(=O)(=O)c2cc3cc(Cl)ccc3s2)CCCN1CC(=O)N1CCCC1CNc1ccccc1. The van der Waals surface area contributed by atoms with Crippen molar-refractivity contribution in [2.24, 2.45) is 0 Å². The number of rotatable bonds is 8. The average Bonchev–Trinajstić information content (AvgIpc) is 3.53. The summed E-state index contributed by atoms with van der Waals surface area (Å²) in [7, 11) is -3.90. The first-order valence-corrected chi connectivity index (χ1v) is 15.1. The summed E-state index contributed by atoms with van der Waals surface area (Å²) in [4.78, 5) is 29.7. The van der Waals surface area contributed by atoms with Gasteiger partial charge in [0.2, 0.25) is 11.8 Å². The van der Waals surface area contributed by atoms with Gasteiger partial charge in [-0.05, 0) is 67.5 Å². The van der Waals surface area contributed by atoms with Crippen molar-refractivity contribution < 1.29 is 18.0 Å². The van der Waals surface area contributed by atoms with E-state index in [9.17, 15) is 18.0 Å². The van der Waals surface area contributed by atoms with Crippen molar-refractivity contribution in [1.29, 1.82) is 0 Å². The maximum Gasteiger partial charge on any atom is 0.250 e.